The van der Waals surface area contributed by atoms with Crippen LogP contribution in [-0.4, -0.2) is 43.7 Å². The zero-order valence-corrected chi connectivity index (χ0v) is 9.51. The average molecular weight is 211 g/mol. The summed E-state index contributed by atoms with van der Waals surface area (Å²) in [5.41, 5.74) is 0.392. The standard InChI is InChI=1S/C11H21N3O/c1-2-5-13-10(15)14-7-4-11(9-14)3-6-12-8-11/h12H,2-9H2,1H3,(H,13,15). The first-order chi connectivity index (χ1) is 7.26. The Hall–Kier alpha value is -0.770. The fraction of sp³-hybridized carbons (Fsp3) is 0.909. The van der Waals surface area contributed by atoms with Crippen LogP contribution in [0, 0.1) is 5.41 Å². The summed E-state index contributed by atoms with van der Waals surface area (Å²) in [7, 11) is 0. The minimum absolute atomic E-state index is 0.126. The first-order valence-corrected chi connectivity index (χ1v) is 5.99. The number of amides is 2. The van der Waals surface area contributed by atoms with Crippen LogP contribution in [0.1, 0.15) is 26.2 Å². The number of nitrogens with one attached hydrogen (secondary N) is 2. The van der Waals surface area contributed by atoms with Crippen LogP contribution in [0.4, 0.5) is 4.79 Å². The highest BCUT2D eigenvalue weighted by molar-refractivity contribution is 5.74. The number of carbonyl (C=O) groups is 1. The Morgan fingerprint density at radius 1 is 1.53 bits per heavy atom. The molecule has 0 radical (unpaired) electrons. The van der Waals surface area contributed by atoms with Crippen molar-refractivity contribution in [2.75, 3.05) is 32.7 Å². The fourth-order valence-electron chi connectivity index (χ4n) is 2.60. The van der Waals surface area contributed by atoms with Crippen molar-refractivity contribution in [2.24, 2.45) is 5.41 Å². The topological polar surface area (TPSA) is 44.4 Å². The number of nitrogens with zero attached hydrogens (tertiary/aromatic N) is 1. The van der Waals surface area contributed by atoms with Crippen LogP contribution in [0.3, 0.4) is 0 Å². The summed E-state index contributed by atoms with van der Waals surface area (Å²) < 4.78 is 0. The zero-order valence-electron chi connectivity index (χ0n) is 9.51. The van der Waals surface area contributed by atoms with E-state index in [2.05, 4.69) is 17.6 Å². The SMILES string of the molecule is CCCNC(=O)N1CCC2(CCNC2)C1. The van der Waals surface area contributed by atoms with Gasteiger partial charge < -0.3 is 15.5 Å². The van der Waals surface area contributed by atoms with Crippen molar-refractivity contribution < 1.29 is 4.79 Å². The summed E-state index contributed by atoms with van der Waals surface area (Å²) in [6, 6.07) is 0.126. The van der Waals surface area contributed by atoms with Crippen molar-refractivity contribution >= 4 is 6.03 Å². The molecule has 4 heteroatoms. The molecule has 4 nitrogen and oxygen atoms in total. The molecule has 2 rings (SSSR count). The lowest BCUT2D eigenvalue weighted by atomic mass is 9.87. The predicted molar refractivity (Wildman–Crippen MR) is 59.8 cm³/mol. The maximum atomic E-state index is 11.7. The number of urea groups is 1. The van der Waals surface area contributed by atoms with Crippen LogP contribution in [0.15, 0.2) is 0 Å². The highest BCUT2D eigenvalue weighted by atomic mass is 16.2. The van der Waals surface area contributed by atoms with Crippen molar-refractivity contribution in [2.45, 2.75) is 26.2 Å². The van der Waals surface area contributed by atoms with E-state index in [0.717, 1.165) is 39.1 Å². The third-order valence-electron chi connectivity index (χ3n) is 3.58. The minimum Gasteiger partial charge on any atom is -0.338 e. The molecule has 2 aliphatic rings. The zero-order chi connectivity index (χ0) is 10.7. The van der Waals surface area contributed by atoms with Crippen LogP contribution >= 0.6 is 0 Å². The quantitative estimate of drug-likeness (QED) is 0.709. The molecule has 2 N–H and O–H groups in total. The lowest BCUT2D eigenvalue weighted by molar-refractivity contribution is 0.201. The molecule has 1 atom stereocenters. The molecular weight excluding hydrogens is 190 g/mol. The molecule has 0 aromatic rings. The second kappa shape index (κ2) is 4.39. The monoisotopic (exact) mass is 211 g/mol. The van der Waals surface area contributed by atoms with Crippen LogP contribution in [0.25, 0.3) is 0 Å². The molecule has 2 aliphatic heterocycles. The molecule has 2 heterocycles. The molecular formula is C11H21N3O. The summed E-state index contributed by atoms with van der Waals surface area (Å²) >= 11 is 0. The summed E-state index contributed by atoms with van der Waals surface area (Å²) in [5.74, 6) is 0. The number of rotatable bonds is 2. The van der Waals surface area contributed by atoms with Gasteiger partial charge >= 0.3 is 6.03 Å². The molecule has 0 aromatic carbocycles. The van der Waals surface area contributed by atoms with E-state index in [9.17, 15) is 4.79 Å². The van der Waals surface area contributed by atoms with Gasteiger partial charge in [-0.3, -0.25) is 0 Å². The largest absolute Gasteiger partial charge is 0.338 e. The maximum Gasteiger partial charge on any atom is 0.317 e. The van der Waals surface area contributed by atoms with Gasteiger partial charge in [-0.1, -0.05) is 6.92 Å². The average Bonchev–Trinajstić information content (AvgIpc) is 2.86. The molecule has 2 fully saturated rings. The Morgan fingerprint density at radius 2 is 2.40 bits per heavy atom. The van der Waals surface area contributed by atoms with Gasteiger partial charge in [0.1, 0.15) is 0 Å². The lowest BCUT2D eigenvalue weighted by Crippen LogP contribution is -2.40. The number of hydrogen-bond acceptors (Lipinski definition) is 2. The first-order valence-electron chi connectivity index (χ1n) is 5.99. The summed E-state index contributed by atoms with van der Waals surface area (Å²) in [6.45, 7) is 6.94. The van der Waals surface area contributed by atoms with Crippen molar-refractivity contribution in [3.8, 4) is 0 Å². The van der Waals surface area contributed by atoms with Gasteiger partial charge in [0.15, 0.2) is 0 Å². The van der Waals surface area contributed by atoms with E-state index in [4.69, 9.17) is 0 Å². The molecule has 1 spiro atoms. The fourth-order valence-corrected chi connectivity index (χ4v) is 2.60. The number of likely N-dealkylation sites (tertiary alicyclic amines) is 1. The van der Waals surface area contributed by atoms with E-state index in [1.807, 2.05) is 4.90 Å². The predicted octanol–water partition coefficient (Wildman–Crippen LogP) is 0.791. The van der Waals surface area contributed by atoms with Gasteiger partial charge in [0.25, 0.3) is 0 Å². The molecule has 2 saturated heterocycles. The van der Waals surface area contributed by atoms with Gasteiger partial charge in [-0.25, -0.2) is 4.79 Å². The lowest BCUT2D eigenvalue weighted by Gasteiger charge is -2.22. The third kappa shape index (κ3) is 2.25. The summed E-state index contributed by atoms with van der Waals surface area (Å²) in [5, 5.41) is 6.35. The van der Waals surface area contributed by atoms with E-state index in [-0.39, 0.29) is 6.03 Å². The summed E-state index contributed by atoms with van der Waals surface area (Å²) in [4.78, 5) is 13.7. The Bertz CT molecular complexity index is 236. The van der Waals surface area contributed by atoms with E-state index in [0.29, 0.717) is 5.41 Å². The molecule has 2 amide bonds. The van der Waals surface area contributed by atoms with Crippen LogP contribution < -0.4 is 10.6 Å². The molecule has 0 aliphatic carbocycles. The smallest absolute Gasteiger partial charge is 0.317 e. The second-order valence-corrected chi connectivity index (χ2v) is 4.83. The van der Waals surface area contributed by atoms with Crippen LogP contribution in [0.2, 0.25) is 0 Å². The normalized spacial score (nSPS) is 30.1. The third-order valence-corrected chi connectivity index (χ3v) is 3.58. The highest BCUT2D eigenvalue weighted by Gasteiger charge is 2.41. The Labute approximate surface area is 91.4 Å². The first kappa shape index (κ1) is 10.7. The molecule has 1 unspecified atom stereocenters. The molecule has 15 heavy (non-hydrogen) atoms. The van der Waals surface area contributed by atoms with E-state index in [1.165, 1.54) is 12.8 Å². The minimum atomic E-state index is 0.126. The Kier molecular flexibility index (Phi) is 3.14. The van der Waals surface area contributed by atoms with Gasteiger partial charge in [0, 0.05) is 31.6 Å². The molecule has 0 bridgehead atoms. The summed E-state index contributed by atoms with van der Waals surface area (Å²) in [6.07, 6.45) is 3.40. The van der Waals surface area contributed by atoms with Crippen molar-refractivity contribution in [3.05, 3.63) is 0 Å². The number of carbonyl (C=O) groups excluding carboxylic acids is 1. The van der Waals surface area contributed by atoms with Gasteiger partial charge in [-0.15, -0.1) is 0 Å². The highest BCUT2D eigenvalue weighted by Crippen LogP contribution is 2.35. The van der Waals surface area contributed by atoms with Gasteiger partial charge in [-0.05, 0) is 25.8 Å². The van der Waals surface area contributed by atoms with Crippen LogP contribution in [0.5, 0.6) is 0 Å². The number of hydrogen-bond donors (Lipinski definition) is 2. The van der Waals surface area contributed by atoms with E-state index >= 15 is 0 Å². The van der Waals surface area contributed by atoms with Crippen molar-refractivity contribution in [3.63, 3.8) is 0 Å². The maximum absolute atomic E-state index is 11.7. The van der Waals surface area contributed by atoms with Crippen molar-refractivity contribution in [1.29, 1.82) is 0 Å². The molecule has 0 saturated carbocycles. The van der Waals surface area contributed by atoms with Crippen LogP contribution in [-0.2, 0) is 0 Å². The second-order valence-electron chi connectivity index (χ2n) is 4.83. The van der Waals surface area contributed by atoms with Gasteiger partial charge in [-0.2, -0.15) is 0 Å². The van der Waals surface area contributed by atoms with Gasteiger partial charge in [0.05, 0.1) is 0 Å². The van der Waals surface area contributed by atoms with E-state index in [1.54, 1.807) is 0 Å². The Morgan fingerprint density at radius 3 is 3.07 bits per heavy atom. The van der Waals surface area contributed by atoms with Gasteiger partial charge in [0.2, 0.25) is 0 Å². The van der Waals surface area contributed by atoms with Crippen molar-refractivity contribution in [1.82, 2.24) is 15.5 Å². The van der Waals surface area contributed by atoms with E-state index < -0.39 is 0 Å². The Balaban J connectivity index is 1.83. The molecule has 86 valence electrons. The molecule has 0 aromatic heterocycles.